The van der Waals surface area contributed by atoms with Gasteiger partial charge in [-0.3, -0.25) is 4.79 Å². The van der Waals surface area contributed by atoms with Gasteiger partial charge >= 0.3 is 0 Å². The number of aliphatic hydroxyl groups is 1. The van der Waals surface area contributed by atoms with E-state index in [4.69, 9.17) is 4.74 Å². The summed E-state index contributed by atoms with van der Waals surface area (Å²) in [6, 6.07) is 16.8. The third-order valence-corrected chi connectivity index (χ3v) is 3.23. The lowest BCUT2D eigenvalue weighted by molar-refractivity contribution is -0.117. The largest absolute Gasteiger partial charge is 0.455 e. The van der Waals surface area contributed by atoms with E-state index < -0.39 is 6.10 Å². The molecule has 1 aliphatic heterocycles. The molecular weight excluding hydrogens is 254 g/mol. The third-order valence-electron chi connectivity index (χ3n) is 3.23. The predicted octanol–water partition coefficient (Wildman–Crippen LogP) is 2.58. The van der Waals surface area contributed by atoms with Gasteiger partial charge in [-0.15, -0.1) is 0 Å². The lowest BCUT2D eigenvalue weighted by Gasteiger charge is -2.19. The van der Waals surface area contributed by atoms with Crippen molar-refractivity contribution in [2.24, 2.45) is 0 Å². The van der Waals surface area contributed by atoms with Gasteiger partial charge < -0.3 is 14.7 Å². The molecule has 20 heavy (non-hydrogen) atoms. The summed E-state index contributed by atoms with van der Waals surface area (Å²) in [4.78, 5) is 13.5. The van der Waals surface area contributed by atoms with Crippen LogP contribution in [-0.4, -0.2) is 23.7 Å². The second-order valence-electron chi connectivity index (χ2n) is 4.75. The van der Waals surface area contributed by atoms with Crippen LogP contribution in [0.3, 0.4) is 0 Å². The Morgan fingerprint density at radius 2 is 1.75 bits per heavy atom. The zero-order valence-electron chi connectivity index (χ0n) is 10.9. The maximum atomic E-state index is 11.9. The first-order valence-corrected chi connectivity index (χ1v) is 6.54. The first-order chi connectivity index (χ1) is 9.74. The minimum Gasteiger partial charge on any atom is -0.455 e. The molecule has 0 spiro atoms. The number of carbonyl (C=O) groups is 1. The van der Waals surface area contributed by atoms with Gasteiger partial charge in [0.15, 0.2) is 5.75 Å². The van der Waals surface area contributed by atoms with Crippen molar-refractivity contribution in [2.75, 3.05) is 11.4 Å². The van der Waals surface area contributed by atoms with Crippen LogP contribution >= 0.6 is 0 Å². The molecule has 0 saturated carbocycles. The SMILES string of the molecule is O=C1CC(O)CN1c1ccccc1Oc1ccccc1. The van der Waals surface area contributed by atoms with Gasteiger partial charge in [0.05, 0.1) is 24.8 Å². The number of carbonyl (C=O) groups excluding carboxylic acids is 1. The molecule has 0 aromatic heterocycles. The van der Waals surface area contributed by atoms with Crippen molar-refractivity contribution < 1.29 is 14.6 Å². The topological polar surface area (TPSA) is 49.8 Å². The molecule has 0 aliphatic carbocycles. The summed E-state index contributed by atoms with van der Waals surface area (Å²) in [5, 5.41) is 9.61. The Balaban J connectivity index is 1.91. The number of rotatable bonds is 3. The third kappa shape index (κ3) is 2.51. The van der Waals surface area contributed by atoms with Gasteiger partial charge in [0, 0.05) is 0 Å². The molecule has 1 saturated heterocycles. The molecule has 0 radical (unpaired) electrons. The van der Waals surface area contributed by atoms with Crippen LogP contribution in [-0.2, 0) is 4.79 Å². The highest BCUT2D eigenvalue weighted by molar-refractivity contribution is 5.97. The highest BCUT2D eigenvalue weighted by Gasteiger charge is 2.30. The Morgan fingerprint density at radius 1 is 1.05 bits per heavy atom. The molecule has 4 heteroatoms. The second kappa shape index (κ2) is 5.35. The summed E-state index contributed by atoms with van der Waals surface area (Å²) >= 11 is 0. The molecule has 0 bridgehead atoms. The van der Waals surface area contributed by atoms with Crippen molar-refractivity contribution in [3.8, 4) is 11.5 Å². The van der Waals surface area contributed by atoms with Gasteiger partial charge in [0.25, 0.3) is 0 Å². The van der Waals surface area contributed by atoms with E-state index in [0.717, 1.165) is 0 Å². The monoisotopic (exact) mass is 269 g/mol. The van der Waals surface area contributed by atoms with Crippen molar-refractivity contribution in [2.45, 2.75) is 12.5 Å². The number of β-amino-alcohol motifs (C(OH)–C–C–N with tert-alkyl or cyclic N) is 1. The van der Waals surface area contributed by atoms with Crippen LogP contribution in [0, 0.1) is 0 Å². The molecule has 3 rings (SSSR count). The number of anilines is 1. The van der Waals surface area contributed by atoms with E-state index in [9.17, 15) is 9.90 Å². The number of hydrogen-bond acceptors (Lipinski definition) is 3. The standard InChI is InChI=1S/C16H15NO3/c18-12-10-16(19)17(11-12)14-8-4-5-9-15(14)20-13-6-2-1-3-7-13/h1-9,12,18H,10-11H2. The minimum atomic E-state index is -0.604. The quantitative estimate of drug-likeness (QED) is 0.931. The van der Waals surface area contributed by atoms with Crippen LogP contribution in [0.4, 0.5) is 5.69 Å². The zero-order valence-corrected chi connectivity index (χ0v) is 10.9. The van der Waals surface area contributed by atoms with Crippen LogP contribution in [0.2, 0.25) is 0 Å². The molecule has 1 unspecified atom stereocenters. The predicted molar refractivity (Wildman–Crippen MR) is 75.9 cm³/mol. The van der Waals surface area contributed by atoms with Crippen molar-refractivity contribution in [3.63, 3.8) is 0 Å². The van der Waals surface area contributed by atoms with Gasteiger partial charge in [-0.2, -0.15) is 0 Å². The van der Waals surface area contributed by atoms with E-state index >= 15 is 0 Å². The minimum absolute atomic E-state index is 0.0818. The molecule has 1 amide bonds. The number of amides is 1. The van der Waals surface area contributed by atoms with Crippen LogP contribution < -0.4 is 9.64 Å². The van der Waals surface area contributed by atoms with Gasteiger partial charge in [0.1, 0.15) is 5.75 Å². The summed E-state index contributed by atoms with van der Waals surface area (Å²) in [5.74, 6) is 1.25. The summed E-state index contributed by atoms with van der Waals surface area (Å²) in [5.41, 5.74) is 0.693. The molecule has 2 aromatic rings. The van der Waals surface area contributed by atoms with Crippen molar-refractivity contribution in [1.82, 2.24) is 0 Å². The number of hydrogen-bond donors (Lipinski definition) is 1. The lowest BCUT2D eigenvalue weighted by Crippen LogP contribution is -2.25. The highest BCUT2D eigenvalue weighted by atomic mass is 16.5. The van der Waals surface area contributed by atoms with Gasteiger partial charge in [-0.1, -0.05) is 30.3 Å². The van der Waals surface area contributed by atoms with Gasteiger partial charge in [-0.25, -0.2) is 0 Å². The second-order valence-corrected chi connectivity index (χ2v) is 4.75. The number of ether oxygens (including phenoxy) is 1. The smallest absolute Gasteiger partial charge is 0.229 e. The zero-order chi connectivity index (χ0) is 13.9. The Labute approximate surface area is 117 Å². The Morgan fingerprint density at radius 3 is 2.45 bits per heavy atom. The first kappa shape index (κ1) is 12.7. The normalized spacial score (nSPS) is 18.4. The fraction of sp³-hybridized carbons (Fsp3) is 0.188. The van der Waals surface area contributed by atoms with E-state index in [1.807, 2.05) is 54.6 Å². The van der Waals surface area contributed by atoms with Crippen molar-refractivity contribution in [3.05, 3.63) is 54.6 Å². The molecule has 1 N–H and O–H groups in total. The van der Waals surface area contributed by atoms with Gasteiger partial charge in [0.2, 0.25) is 5.91 Å². The first-order valence-electron chi connectivity index (χ1n) is 6.54. The van der Waals surface area contributed by atoms with Crippen LogP contribution in [0.5, 0.6) is 11.5 Å². The molecule has 1 atom stereocenters. The molecule has 102 valence electrons. The average Bonchev–Trinajstić information content (AvgIpc) is 2.79. The van der Waals surface area contributed by atoms with E-state index in [1.165, 1.54) is 0 Å². The highest BCUT2D eigenvalue weighted by Crippen LogP contribution is 2.34. The Kier molecular flexibility index (Phi) is 3.39. The molecule has 4 nitrogen and oxygen atoms in total. The molecule has 1 heterocycles. The van der Waals surface area contributed by atoms with Gasteiger partial charge in [-0.05, 0) is 24.3 Å². The fourth-order valence-electron chi connectivity index (χ4n) is 2.30. The van der Waals surface area contributed by atoms with Crippen molar-refractivity contribution in [1.29, 1.82) is 0 Å². The maximum Gasteiger partial charge on any atom is 0.229 e. The van der Waals surface area contributed by atoms with Crippen LogP contribution in [0.25, 0.3) is 0 Å². The summed E-state index contributed by atoms with van der Waals surface area (Å²) < 4.78 is 5.83. The van der Waals surface area contributed by atoms with E-state index in [-0.39, 0.29) is 12.3 Å². The molecular formula is C16H15NO3. The summed E-state index contributed by atoms with van der Waals surface area (Å²) in [6.45, 7) is 0.313. The average molecular weight is 269 g/mol. The van der Waals surface area contributed by atoms with E-state index in [1.54, 1.807) is 4.90 Å². The number of aliphatic hydroxyl groups excluding tert-OH is 1. The fourth-order valence-corrected chi connectivity index (χ4v) is 2.30. The summed E-state index contributed by atoms with van der Waals surface area (Å²) in [6.07, 6.45) is -0.438. The summed E-state index contributed by atoms with van der Waals surface area (Å²) in [7, 11) is 0. The molecule has 1 fully saturated rings. The van der Waals surface area contributed by atoms with Crippen LogP contribution in [0.15, 0.2) is 54.6 Å². The number of para-hydroxylation sites is 3. The number of benzene rings is 2. The molecule has 2 aromatic carbocycles. The Bertz CT molecular complexity index is 612. The van der Waals surface area contributed by atoms with Crippen molar-refractivity contribution >= 4 is 11.6 Å². The van der Waals surface area contributed by atoms with E-state index in [0.29, 0.717) is 23.7 Å². The lowest BCUT2D eigenvalue weighted by atomic mass is 10.2. The van der Waals surface area contributed by atoms with Crippen LogP contribution in [0.1, 0.15) is 6.42 Å². The maximum absolute atomic E-state index is 11.9. The number of nitrogens with zero attached hydrogens (tertiary/aromatic N) is 1. The Hall–Kier alpha value is -2.33. The van der Waals surface area contributed by atoms with E-state index in [2.05, 4.69) is 0 Å². The molecule has 1 aliphatic rings.